The summed E-state index contributed by atoms with van der Waals surface area (Å²) in [5.41, 5.74) is 1.72. The molecule has 0 radical (unpaired) electrons. The highest BCUT2D eigenvalue weighted by Gasteiger charge is 2.05. The van der Waals surface area contributed by atoms with Gasteiger partial charge in [-0.15, -0.1) is 0 Å². The van der Waals surface area contributed by atoms with Crippen molar-refractivity contribution >= 4 is 12.1 Å². The minimum Gasteiger partial charge on any atom is -0.311 e. The van der Waals surface area contributed by atoms with Gasteiger partial charge in [0.1, 0.15) is 5.82 Å². The molecule has 0 spiro atoms. The zero-order valence-electron chi connectivity index (χ0n) is 9.21. The van der Waals surface area contributed by atoms with E-state index in [1.165, 1.54) is 17.0 Å². The molecule has 17 heavy (non-hydrogen) atoms. The molecule has 2 aromatic rings. The van der Waals surface area contributed by atoms with Crippen molar-refractivity contribution in [2.24, 2.45) is 0 Å². The summed E-state index contributed by atoms with van der Waals surface area (Å²) in [4.78, 5) is 12.6. The number of nitrogens with zero attached hydrogens (tertiary/aromatic N) is 1. The third-order valence-electron chi connectivity index (χ3n) is 2.48. The molecule has 3 heteroatoms. The van der Waals surface area contributed by atoms with Gasteiger partial charge in [0.05, 0.1) is 6.54 Å². The van der Waals surface area contributed by atoms with Crippen molar-refractivity contribution < 1.29 is 9.18 Å². The van der Waals surface area contributed by atoms with Crippen LogP contribution in [0.1, 0.15) is 5.56 Å². The summed E-state index contributed by atoms with van der Waals surface area (Å²) in [5.74, 6) is -0.306. The van der Waals surface area contributed by atoms with Gasteiger partial charge in [-0.2, -0.15) is 0 Å². The molecule has 0 aromatic heterocycles. The van der Waals surface area contributed by atoms with E-state index in [1.807, 2.05) is 30.3 Å². The molecule has 0 aliphatic carbocycles. The number of rotatable bonds is 4. The maximum atomic E-state index is 12.8. The van der Waals surface area contributed by atoms with Crippen LogP contribution in [0.2, 0.25) is 0 Å². The summed E-state index contributed by atoms with van der Waals surface area (Å²) < 4.78 is 12.8. The second-order valence-corrected chi connectivity index (χ2v) is 3.70. The van der Waals surface area contributed by atoms with Crippen LogP contribution in [0, 0.1) is 5.82 Å². The maximum Gasteiger partial charge on any atom is 0.214 e. The molecule has 0 saturated carbocycles. The van der Waals surface area contributed by atoms with Gasteiger partial charge < -0.3 is 4.90 Å². The van der Waals surface area contributed by atoms with E-state index in [1.54, 1.807) is 12.1 Å². The van der Waals surface area contributed by atoms with Crippen LogP contribution in [-0.2, 0) is 11.3 Å². The fraction of sp³-hybridized carbons (Fsp3) is 0.0714. The van der Waals surface area contributed by atoms with Crippen molar-refractivity contribution in [3.8, 4) is 0 Å². The fourth-order valence-corrected chi connectivity index (χ4v) is 1.60. The van der Waals surface area contributed by atoms with Gasteiger partial charge >= 0.3 is 0 Å². The Balaban J connectivity index is 2.17. The topological polar surface area (TPSA) is 20.3 Å². The first-order chi connectivity index (χ1) is 8.29. The van der Waals surface area contributed by atoms with E-state index in [0.29, 0.717) is 12.2 Å². The highest BCUT2D eigenvalue weighted by Crippen LogP contribution is 2.16. The molecule has 0 fully saturated rings. The average molecular weight is 229 g/mol. The lowest BCUT2D eigenvalue weighted by Crippen LogP contribution is -2.20. The fourth-order valence-electron chi connectivity index (χ4n) is 1.60. The normalized spacial score (nSPS) is 9.94. The van der Waals surface area contributed by atoms with E-state index in [2.05, 4.69) is 0 Å². The number of halogens is 1. The van der Waals surface area contributed by atoms with Crippen molar-refractivity contribution in [1.82, 2.24) is 0 Å². The van der Waals surface area contributed by atoms with Gasteiger partial charge in [0.2, 0.25) is 6.41 Å². The predicted octanol–water partition coefficient (Wildman–Crippen LogP) is 2.99. The number of anilines is 1. The molecule has 0 aliphatic rings. The molecule has 0 heterocycles. The Bertz CT molecular complexity index is 481. The molecule has 2 rings (SSSR count). The minimum atomic E-state index is -0.306. The lowest BCUT2D eigenvalue weighted by atomic mass is 10.2. The first kappa shape index (κ1) is 11.3. The third kappa shape index (κ3) is 2.91. The minimum absolute atomic E-state index is 0.306. The summed E-state index contributed by atoms with van der Waals surface area (Å²) in [6.07, 6.45) is 0.750. The number of amides is 1. The van der Waals surface area contributed by atoms with Crippen LogP contribution in [0.15, 0.2) is 54.6 Å². The molecule has 0 unspecified atom stereocenters. The van der Waals surface area contributed by atoms with Crippen LogP contribution in [0.4, 0.5) is 10.1 Å². The van der Waals surface area contributed by atoms with Gasteiger partial charge in [-0.25, -0.2) is 4.39 Å². The summed E-state index contributed by atoms with van der Waals surface area (Å²) in [6.45, 7) is 0.482. The van der Waals surface area contributed by atoms with E-state index >= 15 is 0 Å². The van der Waals surface area contributed by atoms with Crippen molar-refractivity contribution in [3.63, 3.8) is 0 Å². The Labute approximate surface area is 99.3 Å². The molecule has 2 nitrogen and oxygen atoms in total. The van der Waals surface area contributed by atoms with Crippen LogP contribution >= 0.6 is 0 Å². The Morgan fingerprint density at radius 3 is 2.24 bits per heavy atom. The second kappa shape index (κ2) is 5.25. The van der Waals surface area contributed by atoms with Gasteiger partial charge in [-0.3, -0.25) is 4.79 Å². The summed E-state index contributed by atoms with van der Waals surface area (Å²) in [6, 6.07) is 15.5. The van der Waals surface area contributed by atoms with Crippen molar-refractivity contribution in [3.05, 3.63) is 66.0 Å². The molecule has 2 aromatic carbocycles. The summed E-state index contributed by atoms with van der Waals surface area (Å²) in [7, 11) is 0. The second-order valence-electron chi connectivity index (χ2n) is 3.70. The van der Waals surface area contributed by atoms with E-state index < -0.39 is 0 Å². The Hall–Kier alpha value is -2.16. The SMILES string of the molecule is O=CN(Cc1ccccc1)c1ccc(F)cc1. The predicted molar refractivity (Wildman–Crippen MR) is 65.1 cm³/mol. The molecule has 1 amide bonds. The quantitative estimate of drug-likeness (QED) is 0.738. The Morgan fingerprint density at radius 1 is 1.00 bits per heavy atom. The summed E-state index contributed by atoms with van der Waals surface area (Å²) in [5, 5.41) is 0. The number of hydrogen-bond donors (Lipinski definition) is 0. The molecular weight excluding hydrogens is 217 g/mol. The Kier molecular flexibility index (Phi) is 3.50. The lowest BCUT2D eigenvalue weighted by molar-refractivity contribution is -0.107. The van der Waals surface area contributed by atoms with Gasteiger partial charge in [0.15, 0.2) is 0 Å². The van der Waals surface area contributed by atoms with Crippen LogP contribution in [0.25, 0.3) is 0 Å². The monoisotopic (exact) mass is 229 g/mol. The molecular formula is C14H12FNO. The van der Waals surface area contributed by atoms with Gasteiger partial charge in [-0.05, 0) is 29.8 Å². The van der Waals surface area contributed by atoms with Crippen LogP contribution in [0.3, 0.4) is 0 Å². The first-order valence-corrected chi connectivity index (χ1v) is 5.31. The molecule has 0 bridgehead atoms. The molecule has 0 aliphatic heterocycles. The van der Waals surface area contributed by atoms with Crippen LogP contribution in [0.5, 0.6) is 0 Å². The Morgan fingerprint density at radius 2 is 1.65 bits per heavy atom. The third-order valence-corrected chi connectivity index (χ3v) is 2.48. The van der Waals surface area contributed by atoms with E-state index in [9.17, 15) is 9.18 Å². The number of carbonyl (C=O) groups excluding carboxylic acids is 1. The van der Waals surface area contributed by atoms with Crippen LogP contribution < -0.4 is 4.90 Å². The van der Waals surface area contributed by atoms with Crippen molar-refractivity contribution in [1.29, 1.82) is 0 Å². The van der Waals surface area contributed by atoms with Crippen molar-refractivity contribution in [2.45, 2.75) is 6.54 Å². The highest BCUT2D eigenvalue weighted by atomic mass is 19.1. The zero-order chi connectivity index (χ0) is 12.1. The van der Waals surface area contributed by atoms with Crippen molar-refractivity contribution in [2.75, 3.05) is 4.90 Å². The number of benzene rings is 2. The first-order valence-electron chi connectivity index (χ1n) is 5.31. The molecule has 0 N–H and O–H groups in total. The smallest absolute Gasteiger partial charge is 0.214 e. The van der Waals surface area contributed by atoms with Gasteiger partial charge in [0, 0.05) is 5.69 Å². The maximum absolute atomic E-state index is 12.8. The van der Waals surface area contributed by atoms with E-state index in [4.69, 9.17) is 0 Å². The largest absolute Gasteiger partial charge is 0.311 e. The van der Waals surface area contributed by atoms with Gasteiger partial charge in [-0.1, -0.05) is 30.3 Å². The van der Waals surface area contributed by atoms with Gasteiger partial charge in [0.25, 0.3) is 0 Å². The standard InChI is InChI=1S/C14H12FNO/c15-13-6-8-14(9-7-13)16(11-17)10-12-4-2-1-3-5-12/h1-9,11H,10H2. The number of hydrogen-bond acceptors (Lipinski definition) is 1. The summed E-state index contributed by atoms with van der Waals surface area (Å²) >= 11 is 0. The van der Waals surface area contributed by atoms with E-state index in [-0.39, 0.29) is 5.82 Å². The van der Waals surface area contributed by atoms with Crippen LogP contribution in [-0.4, -0.2) is 6.41 Å². The average Bonchev–Trinajstić information content (AvgIpc) is 2.38. The lowest BCUT2D eigenvalue weighted by Gasteiger charge is -2.17. The molecule has 0 atom stereocenters. The zero-order valence-corrected chi connectivity index (χ0v) is 9.21. The number of carbonyl (C=O) groups is 1. The molecule has 86 valence electrons. The highest BCUT2D eigenvalue weighted by molar-refractivity contribution is 5.74. The molecule has 0 saturated heterocycles. The van der Waals surface area contributed by atoms with E-state index in [0.717, 1.165) is 12.0 Å².